The molecule has 0 aliphatic rings. The molecule has 186 valence electrons. The molecule has 4 aromatic rings. The standard InChI is InChI=1S/C25H19ClF3N3O4/c1-13(33)32-18-6-4-5-16(25(27,28)29)23(18)14-9-17(26)24(31-12-14)36-20-7-8-30-19-11-22(35-3)21(34-2)10-15(19)20/h4-12H,1-3H3,(H,32,33). The molecule has 4 rings (SSSR count). The van der Waals surface area contributed by atoms with Gasteiger partial charge in [0, 0.05) is 47.6 Å². The molecule has 0 fully saturated rings. The first kappa shape index (κ1) is 25.1. The first-order valence-electron chi connectivity index (χ1n) is 10.4. The first-order valence-corrected chi connectivity index (χ1v) is 10.8. The Labute approximate surface area is 208 Å². The fourth-order valence-electron chi connectivity index (χ4n) is 3.67. The zero-order valence-electron chi connectivity index (χ0n) is 19.2. The van der Waals surface area contributed by atoms with Crippen LogP contribution in [0.2, 0.25) is 5.02 Å². The fourth-order valence-corrected chi connectivity index (χ4v) is 3.88. The molecule has 0 spiro atoms. The predicted molar refractivity (Wildman–Crippen MR) is 129 cm³/mol. The number of nitrogens with one attached hydrogen (secondary N) is 1. The zero-order valence-corrected chi connectivity index (χ0v) is 20.0. The highest BCUT2D eigenvalue weighted by Gasteiger charge is 2.35. The number of alkyl halides is 3. The maximum absolute atomic E-state index is 13.8. The molecule has 11 heteroatoms. The number of aromatic nitrogens is 2. The molecule has 2 aromatic heterocycles. The summed E-state index contributed by atoms with van der Waals surface area (Å²) in [5.41, 5.74) is -0.620. The second kappa shape index (κ2) is 9.90. The second-order valence-corrected chi connectivity index (χ2v) is 7.96. The number of carbonyl (C=O) groups excluding carboxylic acids is 1. The van der Waals surface area contributed by atoms with Gasteiger partial charge >= 0.3 is 6.18 Å². The lowest BCUT2D eigenvalue weighted by Gasteiger charge is -2.18. The van der Waals surface area contributed by atoms with Crippen molar-refractivity contribution in [2.45, 2.75) is 13.1 Å². The van der Waals surface area contributed by atoms with Crippen LogP contribution in [0.5, 0.6) is 23.1 Å². The van der Waals surface area contributed by atoms with E-state index in [1.807, 2.05) is 0 Å². The van der Waals surface area contributed by atoms with E-state index in [1.54, 1.807) is 18.2 Å². The maximum atomic E-state index is 13.8. The number of methoxy groups -OCH3 is 2. The molecule has 7 nitrogen and oxygen atoms in total. The minimum atomic E-state index is -4.68. The number of carbonyl (C=O) groups is 1. The predicted octanol–water partition coefficient (Wildman–Crippen LogP) is 6.74. The quantitative estimate of drug-likeness (QED) is 0.305. The normalized spacial score (nSPS) is 11.3. The van der Waals surface area contributed by atoms with Gasteiger partial charge in [-0.2, -0.15) is 13.2 Å². The summed E-state index contributed by atoms with van der Waals surface area (Å²) in [6.45, 7) is 1.20. The number of fused-ring (bicyclic) bond motifs is 1. The number of anilines is 1. The Morgan fingerprint density at radius 2 is 1.72 bits per heavy atom. The van der Waals surface area contributed by atoms with Gasteiger partial charge in [-0.25, -0.2) is 4.98 Å². The van der Waals surface area contributed by atoms with Crippen LogP contribution in [0, 0.1) is 0 Å². The van der Waals surface area contributed by atoms with Crippen molar-refractivity contribution in [1.82, 2.24) is 9.97 Å². The van der Waals surface area contributed by atoms with E-state index < -0.39 is 17.6 Å². The van der Waals surface area contributed by atoms with E-state index in [4.69, 9.17) is 25.8 Å². The molecule has 0 aliphatic carbocycles. The van der Waals surface area contributed by atoms with Gasteiger partial charge in [-0.1, -0.05) is 17.7 Å². The molecule has 2 heterocycles. The van der Waals surface area contributed by atoms with Crippen molar-refractivity contribution in [3.8, 4) is 34.3 Å². The minimum Gasteiger partial charge on any atom is -0.493 e. The van der Waals surface area contributed by atoms with Crippen molar-refractivity contribution in [2.75, 3.05) is 19.5 Å². The first-order chi connectivity index (χ1) is 17.1. The Bertz CT molecular complexity index is 1460. The Kier molecular flexibility index (Phi) is 6.89. The molecule has 0 saturated heterocycles. The molecule has 1 amide bonds. The Morgan fingerprint density at radius 1 is 1.00 bits per heavy atom. The SMILES string of the molecule is COc1cc2nccc(Oc3ncc(-c4c(NC(C)=O)cccc4C(F)(F)F)cc3Cl)c2cc1OC. The van der Waals surface area contributed by atoms with Crippen LogP contribution >= 0.6 is 11.6 Å². The highest BCUT2D eigenvalue weighted by molar-refractivity contribution is 6.32. The highest BCUT2D eigenvalue weighted by Crippen LogP contribution is 2.43. The van der Waals surface area contributed by atoms with Gasteiger partial charge in [0.05, 0.1) is 25.3 Å². The summed E-state index contributed by atoms with van der Waals surface area (Å²) in [5, 5.41) is 2.97. The van der Waals surface area contributed by atoms with Crippen molar-refractivity contribution in [2.24, 2.45) is 0 Å². The zero-order chi connectivity index (χ0) is 26.0. The largest absolute Gasteiger partial charge is 0.493 e. The second-order valence-electron chi connectivity index (χ2n) is 7.55. The highest BCUT2D eigenvalue weighted by atomic mass is 35.5. The van der Waals surface area contributed by atoms with E-state index in [9.17, 15) is 18.0 Å². The molecule has 0 saturated carbocycles. The third-order valence-corrected chi connectivity index (χ3v) is 5.46. The molecule has 1 N–H and O–H groups in total. The van der Waals surface area contributed by atoms with Gasteiger partial charge in [0.2, 0.25) is 11.8 Å². The van der Waals surface area contributed by atoms with Gasteiger partial charge in [-0.05, 0) is 30.3 Å². The number of amides is 1. The van der Waals surface area contributed by atoms with E-state index in [-0.39, 0.29) is 27.7 Å². The molecule has 0 radical (unpaired) electrons. The lowest BCUT2D eigenvalue weighted by atomic mass is 9.98. The van der Waals surface area contributed by atoms with Crippen molar-refractivity contribution in [1.29, 1.82) is 0 Å². The topological polar surface area (TPSA) is 82.6 Å². The average molecular weight is 518 g/mol. The molecule has 0 unspecified atom stereocenters. The summed E-state index contributed by atoms with van der Waals surface area (Å²) in [7, 11) is 3.00. The number of benzene rings is 2. The minimum absolute atomic E-state index is 0.0231. The number of pyridine rings is 2. The molecule has 2 aromatic carbocycles. The fraction of sp³-hybridized carbons (Fsp3) is 0.160. The summed E-state index contributed by atoms with van der Waals surface area (Å²) < 4.78 is 57.9. The molecule has 0 aliphatic heterocycles. The molecular formula is C25H19ClF3N3O4. The van der Waals surface area contributed by atoms with E-state index in [0.29, 0.717) is 28.2 Å². The Balaban J connectivity index is 1.78. The number of hydrogen-bond acceptors (Lipinski definition) is 6. The van der Waals surface area contributed by atoms with Crippen molar-refractivity contribution >= 4 is 34.1 Å². The average Bonchev–Trinajstić information content (AvgIpc) is 2.83. The number of nitrogens with zero attached hydrogens (tertiary/aromatic N) is 2. The van der Waals surface area contributed by atoms with Crippen molar-refractivity contribution in [3.05, 3.63) is 65.4 Å². The number of ether oxygens (including phenoxy) is 3. The van der Waals surface area contributed by atoms with Crippen LogP contribution in [0.3, 0.4) is 0 Å². The summed E-state index contributed by atoms with van der Waals surface area (Å²) in [6.07, 6.45) is -1.96. The van der Waals surface area contributed by atoms with Gasteiger partial charge in [-0.15, -0.1) is 0 Å². The van der Waals surface area contributed by atoms with E-state index in [2.05, 4.69) is 15.3 Å². The third-order valence-electron chi connectivity index (χ3n) is 5.19. The van der Waals surface area contributed by atoms with E-state index in [1.165, 1.54) is 51.7 Å². The summed E-state index contributed by atoms with van der Waals surface area (Å²) in [6, 6.07) is 9.75. The number of halogens is 4. The van der Waals surface area contributed by atoms with Crippen LogP contribution in [0.4, 0.5) is 18.9 Å². The Morgan fingerprint density at radius 3 is 2.36 bits per heavy atom. The van der Waals surface area contributed by atoms with Gasteiger partial charge < -0.3 is 19.5 Å². The van der Waals surface area contributed by atoms with Crippen LogP contribution < -0.4 is 19.5 Å². The molecule has 0 bridgehead atoms. The summed E-state index contributed by atoms with van der Waals surface area (Å²) in [5.74, 6) is 0.720. The van der Waals surface area contributed by atoms with Crippen molar-refractivity contribution in [3.63, 3.8) is 0 Å². The molecule has 36 heavy (non-hydrogen) atoms. The van der Waals surface area contributed by atoms with Crippen LogP contribution in [0.1, 0.15) is 12.5 Å². The summed E-state index contributed by atoms with van der Waals surface area (Å²) >= 11 is 6.39. The van der Waals surface area contributed by atoms with Crippen LogP contribution in [-0.2, 0) is 11.0 Å². The number of rotatable bonds is 6. The summed E-state index contributed by atoms with van der Waals surface area (Å²) in [4.78, 5) is 20.1. The van der Waals surface area contributed by atoms with E-state index >= 15 is 0 Å². The van der Waals surface area contributed by atoms with Crippen LogP contribution in [0.15, 0.2) is 54.9 Å². The number of hydrogen-bond donors (Lipinski definition) is 1. The van der Waals surface area contributed by atoms with E-state index in [0.717, 1.165) is 6.07 Å². The Hall–Kier alpha value is -4.05. The van der Waals surface area contributed by atoms with Gasteiger partial charge in [0.25, 0.3) is 0 Å². The molecular weight excluding hydrogens is 499 g/mol. The lowest BCUT2D eigenvalue weighted by Crippen LogP contribution is -2.12. The maximum Gasteiger partial charge on any atom is 0.417 e. The smallest absolute Gasteiger partial charge is 0.417 e. The third kappa shape index (κ3) is 4.99. The van der Waals surface area contributed by atoms with Gasteiger partial charge in [-0.3, -0.25) is 9.78 Å². The van der Waals surface area contributed by atoms with Crippen LogP contribution in [0.25, 0.3) is 22.0 Å². The lowest BCUT2D eigenvalue weighted by molar-refractivity contribution is -0.137. The van der Waals surface area contributed by atoms with Crippen LogP contribution in [-0.4, -0.2) is 30.1 Å². The van der Waals surface area contributed by atoms with Crippen molar-refractivity contribution < 1.29 is 32.2 Å². The monoisotopic (exact) mass is 517 g/mol. The molecule has 0 atom stereocenters. The van der Waals surface area contributed by atoms with Gasteiger partial charge in [0.1, 0.15) is 10.8 Å². The van der Waals surface area contributed by atoms with Gasteiger partial charge in [0.15, 0.2) is 11.5 Å².